The van der Waals surface area contributed by atoms with Crippen LogP contribution in [0.15, 0.2) is 0 Å². The fourth-order valence-corrected chi connectivity index (χ4v) is 3.48. The second-order valence-electron chi connectivity index (χ2n) is 7.01. The Labute approximate surface area is 133 Å². The molecule has 0 amide bonds. The molecule has 2 heteroatoms. The first-order chi connectivity index (χ1) is 10.3. The van der Waals surface area contributed by atoms with Crippen LogP contribution in [0.2, 0.25) is 0 Å². The highest BCUT2D eigenvalue weighted by atomic mass is 16.5. The molecule has 1 aliphatic rings. The Morgan fingerprint density at radius 1 is 0.810 bits per heavy atom. The molecule has 0 spiro atoms. The maximum absolute atomic E-state index is 5.59. The average molecular weight is 298 g/mol. The maximum Gasteiger partial charge on any atom is 0.0471 e. The second kappa shape index (κ2) is 12.5. The number of nitrogens with one attached hydrogen (secondary N) is 1. The standard InChI is InChI=1S/C19H39NO/c1-3-5-6-7-8-9-10-11-12-19(18-20-15-4-2)13-16-21-17-14-19/h20H,3-18H2,1-2H3. The number of hydrogen-bond acceptors (Lipinski definition) is 2. The minimum atomic E-state index is 0.537. The van der Waals surface area contributed by atoms with E-state index in [1.807, 2.05) is 0 Å². The van der Waals surface area contributed by atoms with Gasteiger partial charge in [-0.3, -0.25) is 0 Å². The molecule has 0 atom stereocenters. The summed E-state index contributed by atoms with van der Waals surface area (Å²) in [4.78, 5) is 0. The first kappa shape index (κ1) is 19.0. The summed E-state index contributed by atoms with van der Waals surface area (Å²) in [6, 6.07) is 0. The first-order valence-electron chi connectivity index (χ1n) is 9.61. The van der Waals surface area contributed by atoms with Crippen LogP contribution in [0.5, 0.6) is 0 Å². The number of hydrogen-bond donors (Lipinski definition) is 1. The predicted octanol–water partition coefficient (Wildman–Crippen LogP) is 5.31. The van der Waals surface area contributed by atoms with Crippen molar-refractivity contribution in [3.63, 3.8) is 0 Å². The zero-order chi connectivity index (χ0) is 15.2. The van der Waals surface area contributed by atoms with Crippen molar-refractivity contribution in [2.45, 2.75) is 90.9 Å². The third-order valence-electron chi connectivity index (χ3n) is 5.04. The topological polar surface area (TPSA) is 21.3 Å². The van der Waals surface area contributed by atoms with Gasteiger partial charge in [-0.2, -0.15) is 0 Å². The minimum absolute atomic E-state index is 0.537. The molecular formula is C19H39NO. The first-order valence-corrected chi connectivity index (χ1v) is 9.61. The van der Waals surface area contributed by atoms with Crippen molar-refractivity contribution >= 4 is 0 Å². The van der Waals surface area contributed by atoms with Crippen LogP contribution in [0.25, 0.3) is 0 Å². The largest absolute Gasteiger partial charge is 0.381 e. The van der Waals surface area contributed by atoms with E-state index in [0.717, 1.165) is 13.2 Å². The van der Waals surface area contributed by atoms with Crippen molar-refractivity contribution in [1.29, 1.82) is 0 Å². The molecule has 2 nitrogen and oxygen atoms in total. The van der Waals surface area contributed by atoms with Crippen LogP contribution in [0.4, 0.5) is 0 Å². The Hall–Kier alpha value is -0.0800. The van der Waals surface area contributed by atoms with Crippen molar-refractivity contribution < 1.29 is 4.74 Å². The molecule has 1 heterocycles. The van der Waals surface area contributed by atoms with E-state index in [9.17, 15) is 0 Å². The number of unbranched alkanes of at least 4 members (excludes halogenated alkanes) is 7. The summed E-state index contributed by atoms with van der Waals surface area (Å²) in [6.07, 6.45) is 16.6. The second-order valence-corrected chi connectivity index (χ2v) is 7.01. The summed E-state index contributed by atoms with van der Waals surface area (Å²) in [5, 5.41) is 3.67. The molecule has 0 aromatic heterocycles. The van der Waals surface area contributed by atoms with Crippen LogP contribution >= 0.6 is 0 Å². The molecule has 0 aliphatic carbocycles. The van der Waals surface area contributed by atoms with E-state index in [2.05, 4.69) is 19.2 Å². The van der Waals surface area contributed by atoms with Gasteiger partial charge in [0.1, 0.15) is 0 Å². The van der Waals surface area contributed by atoms with Gasteiger partial charge in [0, 0.05) is 19.8 Å². The molecule has 0 bridgehead atoms. The number of ether oxygens (including phenoxy) is 1. The zero-order valence-electron chi connectivity index (χ0n) is 14.7. The van der Waals surface area contributed by atoms with Crippen LogP contribution in [0.1, 0.15) is 90.9 Å². The molecule has 126 valence electrons. The van der Waals surface area contributed by atoms with Crippen molar-refractivity contribution in [1.82, 2.24) is 5.32 Å². The van der Waals surface area contributed by atoms with Crippen molar-refractivity contribution in [3.05, 3.63) is 0 Å². The van der Waals surface area contributed by atoms with Gasteiger partial charge in [-0.05, 0) is 37.6 Å². The smallest absolute Gasteiger partial charge is 0.0471 e. The summed E-state index contributed by atoms with van der Waals surface area (Å²) < 4.78 is 5.59. The van der Waals surface area contributed by atoms with Gasteiger partial charge in [-0.15, -0.1) is 0 Å². The lowest BCUT2D eigenvalue weighted by Gasteiger charge is -2.37. The molecule has 0 aromatic carbocycles. The molecule has 1 fully saturated rings. The van der Waals surface area contributed by atoms with Crippen molar-refractivity contribution in [3.8, 4) is 0 Å². The van der Waals surface area contributed by atoms with Gasteiger partial charge in [0.2, 0.25) is 0 Å². The lowest BCUT2D eigenvalue weighted by atomic mass is 9.75. The van der Waals surface area contributed by atoms with Crippen molar-refractivity contribution in [2.75, 3.05) is 26.3 Å². The van der Waals surface area contributed by atoms with Crippen LogP contribution in [0, 0.1) is 5.41 Å². The van der Waals surface area contributed by atoms with Crippen LogP contribution in [-0.2, 0) is 4.74 Å². The summed E-state index contributed by atoms with van der Waals surface area (Å²) in [7, 11) is 0. The summed E-state index contributed by atoms with van der Waals surface area (Å²) in [5.41, 5.74) is 0.537. The normalized spacial score (nSPS) is 18.0. The monoisotopic (exact) mass is 297 g/mol. The predicted molar refractivity (Wildman–Crippen MR) is 92.9 cm³/mol. The van der Waals surface area contributed by atoms with Gasteiger partial charge >= 0.3 is 0 Å². The van der Waals surface area contributed by atoms with E-state index in [-0.39, 0.29) is 0 Å². The van der Waals surface area contributed by atoms with Gasteiger partial charge in [0.25, 0.3) is 0 Å². The third kappa shape index (κ3) is 8.83. The molecule has 1 aliphatic heterocycles. The molecule has 0 unspecified atom stereocenters. The van der Waals surface area contributed by atoms with E-state index in [1.165, 1.54) is 90.1 Å². The minimum Gasteiger partial charge on any atom is -0.381 e. The Balaban J connectivity index is 2.11. The van der Waals surface area contributed by atoms with E-state index in [1.54, 1.807) is 0 Å². The van der Waals surface area contributed by atoms with E-state index in [0.29, 0.717) is 5.41 Å². The summed E-state index contributed by atoms with van der Waals surface area (Å²) >= 11 is 0. The Morgan fingerprint density at radius 2 is 1.43 bits per heavy atom. The average Bonchev–Trinajstić information content (AvgIpc) is 2.51. The molecule has 0 saturated carbocycles. The highest BCUT2D eigenvalue weighted by Crippen LogP contribution is 2.35. The molecule has 0 radical (unpaired) electrons. The van der Waals surface area contributed by atoms with Gasteiger partial charge < -0.3 is 10.1 Å². The number of rotatable bonds is 13. The molecule has 1 saturated heterocycles. The van der Waals surface area contributed by atoms with E-state index < -0.39 is 0 Å². The summed E-state index contributed by atoms with van der Waals surface area (Å²) in [6.45, 7) is 8.87. The molecule has 0 aromatic rings. The van der Waals surface area contributed by atoms with E-state index >= 15 is 0 Å². The lowest BCUT2D eigenvalue weighted by Crippen LogP contribution is -2.39. The Bertz CT molecular complexity index is 224. The maximum atomic E-state index is 5.59. The zero-order valence-corrected chi connectivity index (χ0v) is 14.7. The van der Waals surface area contributed by atoms with E-state index in [4.69, 9.17) is 4.74 Å². The van der Waals surface area contributed by atoms with Crippen LogP contribution in [0.3, 0.4) is 0 Å². The van der Waals surface area contributed by atoms with Gasteiger partial charge in [0.15, 0.2) is 0 Å². The highest BCUT2D eigenvalue weighted by Gasteiger charge is 2.31. The quantitative estimate of drug-likeness (QED) is 0.465. The molecule has 21 heavy (non-hydrogen) atoms. The Morgan fingerprint density at radius 3 is 2.05 bits per heavy atom. The Kier molecular flexibility index (Phi) is 11.3. The highest BCUT2D eigenvalue weighted by molar-refractivity contribution is 4.84. The van der Waals surface area contributed by atoms with Crippen LogP contribution < -0.4 is 5.32 Å². The summed E-state index contributed by atoms with van der Waals surface area (Å²) in [5.74, 6) is 0. The van der Waals surface area contributed by atoms with Crippen molar-refractivity contribution in [2.24, 2.45) is 5.41 Å². The van der Waals surface area contributed by atoms with Gasteiger partial charge in [-0.25, -0.2) is 0 Å². The lowest BCUT2D eigenvalue weighted by molar-refractivity contribution is 0.00922. The third-order valence-corrected chi connectivity index (χ3v) is 5.04. The SMILES string of the molecule is CCCCCCCCCCC1(CNCCC)CCOCC1. The van der Waals surface area contributed by atoms with Gasteiger partial charge in [0.05, 0.1) is 0 Å². The fourth-order valence-electron chi connectivity index (χ4n) is 3.48. The van der Waals surface area contributed by atoms with Crippen LogP contribution in [-0.4, -0.2) is 26.3 Å². The molecular weight excluding hydrogens is 258 g/mol. The fraction of sp³-hybridized carbons (Fsp3) is 1.00. The molecule has 1 N–H and O–H groups in total. The molecule has 1 rings (SSSR count). The van der Waals surface area contributed by atoms with Gasteiger partial charge in [-0.1, -0.05) is 65.2 Å².